The van der Waals surface area contributed by atoms with E-state index in [2.05, 4.69) is 28.9 Å². The van der Waals surface area contributed by atoms with Gasteiger partial charge in [-0.2, -0.15) is 0 Å². The van der Waals surface area contributed by atoms with E-state index < -0.39 is 6.03 Å². The highest BCUT2D eigenvalue weighted by atomic mass is 16.5. The molecule has 6 nitrogen and oxygen atoms in total. The van der Waals surface area contributed by atoms with Crippen molar-refractivity contribution in [2.45, 2.75) is 46.5 Å². The van der Waals surface area contributed by atoms with E-state index in [1.165, 1.54) is 0 Å². The molecule has 0 fully saturated rings. The van der Waals surface area contributed by atoms with Crippen LogP contribution in [-0.2, 0) is 11.8 Å². The van der Waals surface area contributed by atoms with Crippen LogP contribution in [0.2, 0.25) is 0 Å². The number of Topliss-reactive ketones (excluding diaryl/α,β-unsaturated/α-hetero) is 1. The number of amides is 2. The van der Waals surface area contributed by atoms with Gasteiger partial charge in [-0.15, -0.1) is 0 Å². The summed E-state index contributed by atoms with van der Waals surface area (Å²) in [6, 6.07) is 13.9. The molecule has 0 atom stereocenters. The van der Waals surface area contributed by atoms with Gasteiger partial charge in [0.05, 0.1) is 0 Å². The van der Waals surface area contributed by atoms with E-state index in [4.69, 9.17) is 4.52 Å². The predicted octanol–water partition coefficient (Wildman–Crippen LogP) is 7.85. The second-order valence-corrected chi connectivity index (χ2v) is 8.45. The molecule has 0 aliphatic heterocycles. The number of hydrogen-bond donors (Lipinski definition) is 2. The second kappa shape index (κ2) is 11.8. The molecule has 2 amide bonds. The highest BCUT2D eigenvalue weighted by molar-refractivity contribution is 6.00. The van der Waals surface area contributed by atoms with Crippen LogP contribution < -0.4 is 10.6 Å². The molecule has 1 heterocycles. The molecule has 0 saturated carbocycles. The van der Waals surface area contributed by atoms with E-state index in [9.17, 15) is 9.59 Å². The number of urea groups is 1. The van der Waals surface area contributed by atoms with Gasteiger partial charge in [-0.05, 0) is 34.9 Å². The Kier molecular flexibility index (Phi) is 9.13. The lowest BCUT2D eigenvalue weighted by atomic mass is 9.93. The van der Waals surface area contributed by atoms with Crippen LogP contribution in [0.25, 0.3) is 12.2 Å². The molecule has 0 aliphatic carbocycles. The standard InChI is InChI=1S/C26H27N3O3.C2H6.2H2/c1-6-18-10-11-20(15-19(18)7-2)22(30)14-17-8-12-21(13-9-17)27-25(31)28-24-16-23(32-29-24)26(3,4)5;1-2;;/h6-13,15-16H,1-2,14H2,3-5H3,(H2,27,28,29,31);1-2H3;2*1H. The van der Waals surface area contributed by atoms with Crippen molar-refractivity contribution >= 4 is 35.5 Å². The molecule has 0 aliphatic rings. The Labute approximate surface area is 204 Å². The van der Waals surface area contributed by atoms with Crippen LogP contribution in [0.15, 0.2) is 66.2 Å². The van der Waals surface area contributed by atoms with Crippen molar-refractivity contribution in [3.8, 4) is 0 Å². The lowest BCUT2D eigenvalue weighted by Crippen LogP contribution is -2.19. The maximum absolute atomic E-state index is 12.7. The summed E-state index contributed by atoms with van der Waals surface area (Å²) in [4.78, 5) is 24.9. The van der Waals surface area contributed by atoms with Gasteiger partial charge in [0.1, 0.15) is 5.76 Å². The Balaban J connectivity index is 0.00000299. The highest BCUT2D eigenvalue weighted by Gasteiger charge is 2.20. The first-order valence-corrected chi connectivity index (χ1v) is 11.3. The molecule has 0 unspecified atom stereocenters. The summed E-state index contributed by atoms with van der Waals surface area (Å²) in [5.74, 6) is 1.03. The first kappa shape index (κ1) is 26.3. The number of rotatable bonds is 7. The first-order chi connectivity index (χ1) is 16.2. The molecule has 0 spiro atoms. The zero-order valence-corrected chi connectivity index (χ0v) is 20.6. The van der Waals surface area contributed by atoms with Crippen molar-refractivity contribution in [1.82, 2.24) is 5.16 Å². The summed E-state index contributed by atoms with van der Waals surface area (Å²) < 4.78 is 5.26. The fraction of sp³-hybridized carbons (Fsp3) is 0.250. The molecular formula is C28H37N3O3. The topological polar surface area (TPSA) is 84.2 Å². The summed E-state index contributed by atoms with van der Waals surface area (Å²) in [5.41, 5.74) is 3.68. The minimum absolute atomic E-state index is 0. The van der Waals surface area contributed by atoms with Gasteiger partial charge in [0, 0.05) is 32.0 Å². The van der Waals surface area contributed by atoms with Gasteiger partial charge in [-0.3, -0.25) is 10.1 Å². The number of nitrogens with one attached hydrogen (secondary N) is 2. The minimum atomic E-state index is -0.429. The third-order valence-corrected chi connectivity index (χ3v) is 4.92. The van der Waals surface area contributed by atoms with Gasteiger partial charge in [0.15, 0.2) is 11.6 Å². The number of nitrogens with zero attached hydrogens (tertiary/aromatic N) is 1. The Morgan fingerprint density at radius 1 is 0.971 bits per heavy atom. The van der Waals surface area contributed by atoms with E-state index in [1.54, 1.807) is 36.4 Å². The largest absolute Gasteiger partial charge is 0.359 e. The molecule has 1 aromatic heterocycles. The van der Waals surface area contributed by atoms with Gasteiger partial charge in [0.25, 0.3) is 0 Å². The lowest BCUT2D eigenvalue weighted by molar-refractivity contribution is 0.0993. The molecule has 0 saturated heterocycles. The molecule has 3 rings (SSSR count). The molecular weight excluding hydrogens is 426 g/mol. The maximum Gasteiger partial charge on any atom is 0.324 e. The summed E-state index contributed by atoms with van der Waals surface area (Å²) in [6.07, 6.45) is 3.70. The maximum atomic E-state index is 12.7. The summed E-state index contributed by atoms with van der Waals surface area (Å²) in [6.45, 7) is 17.6. The van der Waals surface area contributed by atoms with Gasteiger partial charge in [0.2, 0.25) is 0 Å². The van der Waals surface area contributed by atoms with Gasteiger partial charge in [-0.1, -0.05) is 89.4 Å². The van der Waals surface area contributed by atoms with E-state index in [0.717, 1.165) is 16.7 Å². The SMILES string of the molecule is C=Cc1ccc(C(=O)Cc2ccc(NC(=O)Nc3cc(C(C)(C)C)on3)cc2)cc1C=C.CC.[HH].[HH]. The van der Waals surface area contributed by atoms with Crippen LogP contribution in [0.3, 0.4) is 0 Å². The highest BCUT2D eigenvalue weighted by Crippen LogP contribution is 2.24. The second-order valence-electron chi connectivity index (χ2n) is 8.45. The Hall–Kier alpha value is -3.93. The fourth-order valence-electron chi connectivity index (χ4n) is 3.07. The Morgan fingerprint density at radius 3 is 2.18 bits per heavy atom. The quantitative estimate of drug-likeness (QED) is 0.349. The zero-order valence-electron chi connectivity index (χ0n) is 20.6. The number of aromatic nitrogens is 1. The van der Waals surface area contributed by atoms with Crippen LogP contribution in [0.4, 0.5) is 16.3 Å². The average Bonchev–Trinajstić information content (AvgIpc) is 3.30. The van der Waals surface area contributed by atoms with Crippen molar-refractivity contribution in [2.75, 3.05) is 10.6 Å². The monoisotopic (exact) mass is 463 g/mol. The van der Waals surface area contributed by atoms with Gasteiger partial charge in [-0.25, -0.2) is 4.79 Å². The fourth-order valence-corrected chi connectivity index (χ4v) is 3.07. The molecule has 2 aromatic carbocycles. The zero-order chi connectivity index (χ0) is 25.3. The average molecular weight is 464 g/mol. The molecule has 182 valence electrons. The molecule has 0 radical (unpaired) electrons. The van der Waals surface area contributed by atoms with Crippen molar-refractivity contribution in [3.05, 3.63) is 89.7 Å². The summed E-state index contributed by atoms with van der Waals surface area (Å²) in [5, 5.41) is 9.26. The van der Waals surface area contributed by atoms with Crippen LogP contribution in [-0.4, -0.2) is 17.0 Å². The first-order valence-electron chi connectivity index (χ1n) is 11.3. The number of carbonyl (C=O) groups excluding carboxylic acids is 2. The van der Waals surface area contributed by atoms with Crippen molar-refractivity contribution < 1.29 is 17.0 Å². The molecule has 6 heteroatoms. The van der Waals surface area contributed by atoms with E-state index in [-0.39, 0.29) is 20.5 Å². The van der Waals surface area contributed by atoms with Crippen LogP contribution in [0.5, 0.6) is 0 Å². The van der Waals surface area contributed by atoms with Crippen molar-refractivity contribution in [1.29, 1.82) is 0 Å². The number of carbonyl (C=O) groups is 2. The summed E-state index contributed by atoms with van der Waals surface area (Å²) >= 11 is 0. The molecule has 34 heavy (non-hydrogen) atoms. The third-order valence-electron chi connectivity index (χ3n) is 4.92. The van der Waals surface area contributed by atoms with Crippen LogP contribution in [0, 0.1) is 0 Å². The lowest BCUT2D eigenvalue weighted by Gasteiger charge is -2.12. The van der Waals surface area contributed by atoms with Crippen molar-refractivity contribution in [2.24, 2.45) is 0 Å². The Bertz CT molecular complexity index is 1160. The number of ketones is 1. The van der Waals surface area contributed by atoms with Gasteiger partial charge >= 0.3 is 6.03 Å². The van der Waals surface area contributed by atoms with Crippen molar-refractivity contribution in [3.63, 3.8) is 0 Å². The normalized spacial score (nSPS) is 10.5. The number of benzene rings is 2. The minimum Gasteiger partial charge on any atom is -0.359 e. The third kappa shape index (κ3) is 7.04. The van der Waals surface area contributed by atoms with Crippen LogP contribution in [0.1, 0.15) is 70.3 Å². The van der Waals surface area contributed by atoms with Crippen LogP contribution >= 0.6 is 0 Å². The van der Waals surface area contributed by atoms with Gasteiger partial charge < -0.3 is 9.84 Å². The van der Waals surface area contributed by atoms with E-state index in [0.29, 0.717) is 22.8 Å². The predicted molar refractivity (Wildman–Crippen MR) is 145 cm³/mol. The van der Waals surface area contributed by atoms with E-state index in [1.807, 2.05) is 58.9 Å². The molecule has 0 bridgehead atoms. The Morgan fingerprint density at radius 2 is 1.62 bits per heavy atom. The number of anilines is 2. The smallest absolute Gasteiger partial charge is 0.324 e. The number of hydrogen-bond acceptors (Lipinski definition) is 4. The molecule has 3 aromatic rings. The van der Waals surface area contributed by atoms with E-state index >= 15 is 0 Å². The summed E-state index contributed by atoms with van der Waals surface area (Å²) in [7, 11) is 0. The molecule has 2 N–H and O–H groups in total.